The number of hydrogen-bond donors (Lipinski definition) is 1. The number of rotatable bonds is 9. The molecule has 1 heterocycles. The number of hydrogen-bond acceptors (Lipinski definition) is 5. The Labute approximate surface area is 208 Å². The summed E-state index contributed by atoms with van der Waals surface area (Å²) in [6.45, 7) is 3.75. The zero-order valence-electron chi connectivity index (χ0n) is 18.9. The van der Waals surface area contributed by atoms with Gasteiger partial charge in [0.1, 0.15) is 18.2 Å². The number of nitrogens with zero attached hydrogens (tertiary/aromatic N) is 1. The Hall–Kier alpha value is -2.61. The largest absolute Gasteiger partial charge is 0.481 e. The molecule has 0 aliphatic carbocycles. The molecule has 0 bridgehead atoms. The first-order chi connectivity index (χ1) is 16.3. The van der Waals surface area contributed by atoms with E-state index in [1.165, 1.54) is 4.90 Å². The number of amides is 1. The number of ether oxygens (including phenoxy) is 2. The van der Waals surface area contributed by atoms with E-state index in [4.69, 9.17) is 32.7 Å². The van der Waals surface area contributed by atoms with Crippen LogP contribution in [0.4, 0.5) is 0 Å². The summed E-state index contributed by atoms with van der Waals surface area (Å²) in [5.74, 6) is -2.30. The van der Waals surface area contributed by atoms with Crippen molar-refractivity contribution in [2.45, 2.75) is 57.4 Å². The Morgan fingerprint density at radius 1 is 1.09 bits per heavy atom. The van der Waals surface area contributed by atoms with E-state index in [0.717, 1.165) is 0 Å². The summed E-state index contributed by atoms with van der Waals surface area (Å²) in [5.41, 5.74) is 1.33. The molecule has 182 valence electrons. The molecular formula is C25H27Cl2NO6. The maximum Gasteiger partial charge on any atom is 0.328 e. The third kappa shape index (κ3) is 5.90. The lowest BCUT2D eigenvalue weighted by atomic mass is 9.89. The van der Waals surface area contributed by atoms with Gasteiger partial charge in [-0.05, 0) is 48.7 Å². The smallest absolute Gasteiger partial charge is 0.328 e. The van der Waals surface area contributed by atoms with Crippen molar-refractivity contribution in [2.75, 3.05) is 6.61 Å². The van der Waals surface area contributed by atoms with Crippen molar-refractivity contribution in [3.63, 3.8) is 0 Å². The molecule has 2 aromatic rings. The third-order valence-corrected chi connectivity index (χ3v) is 6.12. The van der Waals surface area contributed by atoms with Gasteiger partial charge < -0.3 is 19.5 Å². The summed E-state index contributed by atoms with van der Waals surface area (Å²) in [7, 11) is 0. The third-order valence-electron chi connectivity index (χ3n) is 5.63. The van der Waals surface area contributed by atoms with Gasteiger partial charge in [-0.25, -0.2) is 4.79 Å². The summed E-state index contributed by atoms with van der Waals surface area (Å²) in [6.07, 6.45) is -1.65. The Bertz CT molecular complexity index is 1030. The molecule has 34 heavy (non-hydrogen) atoms. The van der Waals surface area contributed by atoms with Gasteiger partial charge in [-0.15, -0.1) is 0 Å². The van der Waals surface area contributed by atoms with Gasteiger partial charge >= 0.3 is 11.9 Å². The zero-order chi connectivity index (χ0) is 24.8. The van der Waals surface area contributed by atoms with Crippen LogP contribution in [-0.2, 0) is 23.9 Å². The molecule has 4 atom stereocenters. The maximum atomic E-state index is 13.7. The van der Waals surface area contributed by atoms with E-state index >= 15 is 0 Å². The molecule has 1 aliphatic heterocycles. The van der Waals surface area contributed by atoms with Gasteiger partial charge in [0.05, 0.1) is 19.1 Å². The number of halogens is 2. The van der Waals surface area contributed by atoms with Crippen LogP contribution < -0.4 is 0 Å². The van der Waals surface area contributed by atoms with Crippen LogP contribution in [0.3, 0.4) is 0 Å². The molecule has 0 aromatic heterocycles. The van der Waals surface area contributed by atoms with Gasteiger partial charge in [0, 0.05) is 10.0 Å². The second kappa shape index (κ2) is 11.7. The molecular weight excluding hydrogens is 481 g/mol. The molecule has 1 aliphatic rings. The van der Waals surface area contributed by atoms with Crippen molar-refractivity contribution >= 4 is 41.0 Å². The number of morpholine rings is 1. The predicted octanol–water partition coefficient (Wildman–Crippen LogP) is 5.21. The fourth-order valence-electron chi connectivity index (χ4n) is 4.22. The van der Waals surface area contributed by atoms with Gasteiger partial charge in [-0.1, -0.05) is 60.8 Å². The highest BCUT2D eigenvalue weighted by Gasteiger charge is 2.49. The van der Waals surface area contributed by atoms with Crippen LogP contribution >= 0.6 is 23.2 Å². The van der Waals surface area contributed by atoms with Crippen molar-refractivity contribution in [3.8, 4) is 0 Å². The van der Waals surface area contributed by atoms with Crippen LogP contribution in [-0.4, -0.2) is 46.6 Å². The summed E-state index contributed by atoms with van der Waals surface area (Å²) in [5, 5.41) is 10.4. The monoisotopic (exact) mass is 507 g/mol. The molecule has 1 fully saturated rings. The fourth-order valence-corrected chi connectivity index (χ4v) is 4.55. The molecule has 0 spiro atoms. The number of carboxylic acids is 1. The molecule has 0 unspecified atom stereocenters. The minimum Gasteiger partial charge on any atom is -0.481 e. The second-order valence-corrected chi connectivity index (χ2v) is 8.87. The van der Waals surface area contributed by atoms with Gasteiger partial charge in [0.2, 0.25) is 0 Å². The first kappa shape index (κ1) is 26.0. The van der Waals surface area contributed by atoms with E-state index in [9.17, 15) is 19.5 Å². The van der Waals surface area contributed by atoms with E-state index in [1.54, 1.807) is 55.5 Å². The van der Waals surface area contributed by atoms with E-state index in [-0.39, 0.29) is 6.61 Å². The van der Waals surface area contributed by atoms with E-state index in [1.807, 2.05) is 6.92 Å². The number of aliphatic carboxylic acids is 1. The highest BCUT2D eigenvalue weighted by molar-refractivity contribution is 6.30. The molecule has 7 nitrogen and oxygen atoms in total. The second-order valence-electron chi connectivity index (χ2n) is 8.00. The number of carboxylic acid groups (broad SMARTS) is 1. The Morgan fingerprint density at radius 3 is 2.38 bits per heavy atom. The van der Waals surface area contributed by atoms with E-state index < -0.39 is 48.6 Å². The number of carbonyl (C=O) groups excluding carboxylic acids is 2. The Kier molecular flexibility index (Phi) is 8.94. The predicted molar refractivity (Wildman–Crippen MR) is 128 cm³/mol. The van der Waals surface area contributed by atoms with Gasteiger partial charge in [0.25, 0.3) is 5.91 Å². The summed E-state index contributed by atoms with van der Waals surface area (Å²) in [6, 6.07) is 12.2. The van der Waals surface area contributed by atoms with Crippen molar-refractivity contribution < 1.29 is 29.0 Å². The van der Waals surface area contributed by atoms with Crippen molar-refractivity contribution in [1.82, 2.24) is 4.90 Å². The minimum absolute atomic E-state index is 0.152. The minimum atomic E-state index is -1.28. The highest BCUT2D eigenvalue weighted by Crippen LogP contribution is 2.44. The lowest BCUT2D eigenvalue weighted by Crippen LogP contribution is -2.57. The van der Waals surface area contributed by atoms with Crippen LogP contribution in [0.2, 0.25) is 10.0 Å². The van der Waals surface area contributed by atoms with E-state index in [2.05, 4.69) is 0 Å². The number of benzene rings is 2. The fraction of sp³-hybridized carbons (Fsp3) is 0.400. The highest BCUT2D eigenvalue weighted by atomic mass is 35.5. The molecule has 3 rings (SSSR count). The molecule has 0 radical (unpaired) electrons. The normalized spacial score (nSPS) is 21.2. The number of esters is 1. The van der Waals surface area contributed by atoms with Crippen LogP contribution in [0.15, 0.2) is 48.5 Å². The Morgan fingerprint density at radius 2 is 1.79 bits per heavy atom. The van der Waals surface area contributed by atoms with Crippen molar-refractivity contribution in [2.24, 2.45) is 0 Å². The topological polar surface area (TPSA) is 93.1 Å². The van der Waals surface area contributed by atoms with Gasteiger partial charge in [0.15, 0.2) is 0 Å². The molecule has 2 aromatic carbocycles. The van der Waals surface area contributed by atoms with Gasteiger partial charge in [-0.2, -0.15) is 0 Å². The van der Waals surface area contributed by atoms with Crippen LogP contribution in [0, 0.1) is 0 Å². The molecule has 9 heteroatoms. The SMILES string of the molecule is CCC[C@@H](C(=O)OCC)N1C(=O)[C@@H](CC(=O)O)O[C@H](c2cccc(Cl)c2)[C@@H]1c1ccc(Cl)cc1. The zero-order valence-corrected chi connectivity index (χ0v) is 20.5. The van der Waals surface area contributed by atoms with Crippen LogP contribution in [0.25, 0.3) is 0 Å². The molecule has 1 amide bonds. The first-order valence-corrected chi connectivity index (χ1v) is 11.9. The lowest BCUT2D eigenvalue weighted by Gasteiger charge is -2.47. The Balaban J connectivity index is 2.21. The maximum absolute atomic E-state index is 13.7. The summed E-state index contributed by atoms with van der Waals surface area (Å²) in [4.78, 5) is 39.7. The average molecular weight is 508 g/mol. The van der Waals surface area contributed by atoms with Crippen molar-refractivity contribution in [3.05, 3.63) is 69.7 Å². The van der Waals surface area contributed by atoms with Crippen LogP contribution in [0.5, 0.6) is 0 Å². The molecule has 1 saturated heterocycles. The summed E-state index contributed by atoms with van der Waals surface area (Å²) < 4.78 is 11.4. The quantitative estimate of drug-likeness (QED) is 0.468. The first-order valence-electron chi connectivity index (χ1n) is 11.1. The van der Waals surface area contributed by atoms with Gasteiger partial charge in [-0.3, -0.25) is 9.59 Å². The molecule has 1 N–H and O–H groups in total. The van der Waals surface area contributed by atoms with Crippen LogP contribution in [0.1, 0.15) is 56.4 Å². The van der Waals surface area contributed by atoms with E-state index in [0.29, 0.717) is 34.0 Å². The number of carbonyl (C=O) groups is 3. The van der Waals surface area contributed by atoms with Crippen molar-refractivity contribution in [1.29, 1.82) is 0 Å². The summed E-state index contributed by atoms with van der Waals surface area (Å²) >= 11 is 12.4. The standard InChI is InChI=1S/C25H27Cl2NO6/c1-3-6-19(25(32)33-4-2)28-22(15-9-11-17(26)12-10-15)23(16-7-5-8-18(27)13-16)34-20(24(28)31)14-21(29)30/h5,7-13,19-20,22-23H,3-4,6,14H2,1-2H3,(H,29,30)/t19-,20+,22-,23+/m0/s1. The average Bonchev–Trinajstić information content (AvgIpc) is 2.79. The molecule has 0 saturated carbocycles. The lowest BCUT2D eigenvalue weighted by molar-refractivity contribution is -0.188.